The van der Waals surface area contributed by atoms with Crippen LogP contribution in [0, 0.1) is 0 Å². The number of halogens is 1. The average molecular weight is 255 g/mol. The zero-order valence-corrected chi connectivity index (χ0v) is 11.1. The number of carbonyl (C=O) groups excluding carboxylic acids is 1. The van der Waals surface area contributed by atoms with Crippen molar-refractivity contribution in [1.82, 2.24) is 4.90 Å². The van der Waals surface area contributed by atoms with Gasteiger partial charge in [0.2, 0.25) is 0 Å². The molecule has 4 heteroatoms. The van der Waals surface area contributed by atoms with E-state index in [1.54, 1.807) is 17.0 Å². The van der Waals surface area contributed by atoms with Crippen LogP contribution in [-0.4, -0.2) is 24.0 Å². The molecule has 0 aliphatic heterocycles. The normalized spacial score (nSPS) is 10.1. The van der Waals surface area contributed by atoms with Crippen LogP contribution in [0.15, 0.2) is 24.3 Å². The van der Waals surface area contributed by atoms with Gasteiger partial charge in [0, 0.05) is 13.1 Å². The van der Waals surface area contributed by atoms with Crippen LogP contribution in [0.3, 0.4) is 0 Å². The molecule has 0 atom stereocenters. The number of rotatable bonds is 5. The minimum Gasteiger partial charge on any atom is -0.325 e. The molecule has 0 unspecified atom stereocenters. The Morgan fingerprint density at radius 1 is 1.35 bits per heavy atom. The van der Waals surface area contributed by atoms with Crippen molar-refractivity contribution in [3.05, 3.63) is 29.3 Å². The highest BCUT2D eigenvalue weighted by atomic mass is 35.5. The van der Waals surface area contributed by atoms with E-state index in [1.807, 2.05) is 19.1 Å². The number of urea groups is 1. The van der Waals surface area contributed by atoms with E-state index in [4.69, 9.17) is 11.6 Å². The van der Waals surface area contributed by atoms with Crippen LogP contribution >= 0.6 is 11.6 Å². The fourth-order valence-electron chi connectivity index (χ4n) is 1.51. The number of anilines is 1. The molecule has 1 aromatic rings. The molecule has 2 amide bonds. The van der Waals surface area contributed by atoms with Crippen LogP contribution < -0.4 is 5.32 Å². The highest BCUT2D eigenvalue weighted by molar-refractivity contribution is 6.33. The van der Waals surface area contributed by atoms with Crippen LogP contribution in [0.5, 0.6) is 0 Å². The van der Waals surface area contributed by atoms with Gasteiger partial charge in [0.25, 0.3) is 0 Å². The van der Waals surface area contributed by atoms with Crippen molar-refractivity contribution in [1.29, 1.82) is 0 Å². The number of para-hydroxylation sites is 1. The first kappa shape index (κ1) is 13.8. The van der Waals surface area contributed by atoms with Crippen molar-refractivity contribution in [2.24, 2.45) is 0 Å². The molecule has 0 aromatic heterocycles. The van der Waals surface area contributed by atoms with Gasteiger partial charge in [0.05, 0.1) is 10.7 Å². The lowest BCUT2D eigenvalue weighted by Crippen LogP contribution is -2.35. The number of carbonyl (C=O) groups is 1. The zero-order valence-electron chi connectivity index (χ0n) is 10.4. The second kappa shape index (κ2) is 7.17. The lowest BCUT2D eigenvalue weighted by atomic mass is 10.3. The van der Waals surface area contributed by atoms with Crippen molar-refractivity contribution in [3.63, 3.8) is 0 Å². The Kier molecular flexibility index (Phi) is 5.84. The minimum atomic E-state index is -0.0888. The Morgan fingerprint density at radius 3 is 2.65 bits per heavy atom. The molecule has 0 aliphatic carbocycles. The predicted molar refractivity (Wildman–Crippen MR) is 72.6 cm³/mol. The topological polar surface area (TPSA) is 32.3 Å². The standard InChI is InChI=1S/C13H19ClN2O/c1-3-5-10-16(4-2)13(17)15-12-9-7-6-8-11(12)14/h6-9H,3-5,10H2,1-2H3,(H,15,17). The molecule has 17 heavy (non-hydrogen) atoms. The zero-order chi connectivity index (χ0) is 12.7. The van der Waals surface area contributed by atoms with E-state index in [9.17, 15) is 4.79 Å². The average Bonchev–Trinajstić information content (AvgIpc) is 2.33. The first-order valence-electron chi connectivity index (χ1n) is 5.99. The number of hydrogen-bond donors (Lipinski definition) is 1. The Hall–Kier alpha value is -1.22. The van der Waals surface area contributed by atoms with Gasteiger partial charge in [-0.25, -0.2) is 4.79 Å². The Balaban J connectivity index is 2.61. The fourth-order valence-corrected chi connectivity index (χ4v) is 1.69. The van der Waals surface area contributed by atoms with Gasteiger partial charge in [-0.2, -0.15) is 0 Å². The van der Waals surface area contributed by atoms with Crippen LogP contribution in [0.2, 0.25) is 5.02 Å². The third-order valence-corrected chi connectivity index (χ3v) is 2.90. The number of hydrogen-bond acceptors (Lipinski definition) is 1. The summed E-state index contributed by atoms with van der Waals surface area (Å²) in [4.78, 5) is 13.7. The summed E-state index contributed by atoms with van der Waals surface area (Å²) >= 11 is 5.99. The van der Waals surface area contributed by atoms with E-state index in [2.05, 4.69) is 12.2 Å². The van der Waals surface area contributed by atoms with Gasteiger partial charge in [-0.05, 0) is 25.5 Å². The Labute approximate surface area is 108 Å². The van der Waals surface area contributed by atoms with Crippen molar-refractivity contribution in [2.45, 2.75) is 26.7 Å². The first-order chi connectivity index (χ1) is 8.19. The van der Waals surface area contributed by atoms with E-state index in [0.29, 0.717) is 17.3 Å². The maximum atomic E-state index is 12.0. The van der Waals surface area contributed by atoms with Crippen LogP contribution in [0.4, 0.5) is 10.5 Å². The molecule has 94 valence electrons. The molecule has 0 saturated carbocycles. The maximum Gasteiger partial charge on any atom is 0.321 e. The number of unbranched alkanes of at least 4 members (excludes halogenated alkanes) is 1. The molecule has 1 aromatic carbocycles. The van der Waals surface area contributed by atoms with Crippen molar-refractivity contribution >= 4 is 23.3 Å². The molecule has 0 saturated heterocycles. The molecule has 0 radical (unpaired) electrons. The SMILES string of the molecule is CCCCN(CC)C(=O)Nc1ccccc1Cl. The number of benzene rings is 1. The van der Waals surface area contributed by atoms with Gasteiger partial charge in [-0.3, -0.25) is 0 Å². The first-order valence-corrected chi connectivity index (χ1v) is 6.37. The summed E-state index contributed by atoms with van der Waals surface area (Å²) in [7, 11) is 0. The highest BCUT2D eigenvalue weighted by Gasteiger charge is 2.11. The van der Waals surface area contributed by atoms with E-state index in [1.165, 1.54) is 0 Å². The second-order valence-electron chi connectivity index (χ2n) is 3.84. The van der Waals surface area contributed by atoms with Gasteiger partial charge < -0.3 is 10.2 Å². The third kappa shape index (κ3) is 4.27. The van der Waals surface area contributed by atoms with Gasteiger partial charge in [0.1, 0.15) is 0 Å². The quantitative estimate of drug-likeness (QED) is 0.847. The van der Waals surface area contributed by atoms with Crippen LogP contribution in [0.1, 0.15) is 26.7 Å². The number of nitrogens with one attached hydrogen (secondary N) is 1. The largest absolute Gasteiger partial charge is 0.325 e. The summed E-state index contributed by atoms with van der Waals surface area (Å²) in [6, 6.07) is 7.17. The Bertz CT molecular complexity index is 368. The molecule has 0 heterocycles. The summed E-state index contributed by atoms with van der Waals surface area (Å²) in [5, 5.41) is 3.39. The van der Waals surface area contributed by atoms with Gasteiger partial charge in [0.15, 0.2) is 0 Å². The molecule has 1 N–H and O–H groups in total. The van der Waals surface area contributed by atoms with Crippen molar-refractivity contribution in [3.8, 4) is 0 Å². The predicted octanol–water partition coefficient (Wildman–Crippen LogP) is 3.99. The van der Waals surface area contributed by atoms with E-state index in [-0.39, 0.29) is 6.03 Å². The Morgan fingerprint density at radius 2 is 2.06 bits per heavy atom. The lowest BCUT2D eigenvalue weighted by Gasteiger charge is -2.21. The molecule has 1 rings (SSSR count). The van der Waals surface area contributed by atoms with Gasteiger partial charge in [-0.15, -0.1) is 0 Å². The van der Waals surface area contributed by atoms with E-state index < -0.39 is 0 Å². The summed E-state index contributed by atoms with van der Waals surface area (Å²) in [5.74, 6) is 0. The third-order valence-electron chi connectivity index (χ3n) is 2.57. The second-order valence-corrected chi connectivity index (χ2v) is 4.25. The van der Waals surface area contributed by atoms with Crippen LogP contribution in [0.25, 0.3) is 0 Å². The summed E-state index contributed by atoms with van der Waals surface area (Å²) in [6.07, 6.45) is 2.10. The highest BCUT2D eigenvalue weighted by Crippen LogP contribution is 2.20. The molecular formula is C13H19ClN2O. The molecule has 0 bridgehead atoms. The van der Waals surface area contributed by atoms with Gasteiger partial charge in [-0.1, -0.05) is 37.1 Å². The summed E-state index contributed by atoms with van der Waals surface area (Å²) < 4.78 is 0. The van der Waals surface area contributed by atoms with E-state index >= 15 is 0 Å². The van der Waals surface area contributed by atoms with Crippen molar-refractivity contribution in [2.75, 3.05) is 18.4 Å². The fraction of sp³-hybridized carbons (Fsp3) is 0.462. The smallest absolute Gasteiger partial charge is 0.321 e. The monoisotopic (exact) mass is 254 g/mol. The van der Waals surface area contributed by atoms with Crippen LogP contribution in [-0.2, 0) is 0 Å². The summed E-state index contributed by atoms with van der Waals surface area (Å²) in [5.41, 5.74) is 0.661. The molecule has 0 spiro atoms. The van der Waals surface area contributed by atoms with Gasteiger partial charge >= 0.3 is 6.03 Å². The minimum absolute atomic E-state index is 0.0888. The molecule has 3 nitrogen and oxygen atoms in total. The van der Waals surface area contributed by atoms with Crippen molar-refractivity contribution < 1.29 is 4.79 Å². The number of amides is 2. The maximum absolute atomic E-state index is 12.0. The van der Waals surface area contributed by atoms with E-state index in [0.717, 1.165) is 19.4 Å². The summed E-state index contributed by atoms with van der Waals surface area (Å²) in [6.45, 7) is 5.57. The molecule has 0 aliphatic rings. The lowest BCUT2D eigenvalue weighted by molar-refractivity contribution is 0.213. The molecular weight excluding hydrogens is 236 g/mol. The molecule has 0 fully saturated rings. The number of nitrogens with zero attached hydrogens (tertiary/aromatic N) is 1.